The Morgan fingerprint density at radius 3 is 2.50 bits per heavy atom. The van der Waals surface area contributed by atoms with Gasteiger partial charge in [0.2, 0.25) is 0 Å². The van der Waals surface area contributed by atoms with Gasteiger partial charge in [-0.25, -0.2) is 0 Å². The summed E-state index contributed by atoms with van der Waals surface area (Å²) >= 11 is 5.42. The lowest BCUT2D eigenvalue weighted by molar-refractivity contribution is 0.0951. The summed E-state index contributed by atoms with van der Waals surface area (Å²) in [5.74, 6) is 0.537. The Labute approximate surface area is 190 Å². The first kappa shape index (κ1) is 21.5. The van der Waals surface area contributed by atoms with Gasteiger partial charge in [-0.1, -0.05) is 42.5 Å². The number of aryl methyl sites for hydroxylation is 1. The molecule has 1 heterocycles. The third-order valence-electron chi connectivity index (χ3n) is 5.32. The molecule has 3 aromatic carbocycles. The van der Waals surface area contributed by atoms with E-state index in [9.17, 15) is 9.59 Å². The van der Waals surface area contributed by atoms with Crippen LogP contribution in [0.2, 0.25) is 0 Å². The smallest absolute Gasteiger partial charge is 0.262 e. The van der Waals surface area contributed by atoms with Gasteiger partial charge in [0.1, 0.15) is 5.75 Å². The SMILES string of the molecule is COc1ccc(CNC(=O)c2ccc3c(=O)n(CCc4ccccc4)c(=S)[nH]c3c2)cc1. The van der Waals surface area contributed by atoms with E-state index in [4.69, 9.17) is 17.0 Å². The fourth-order valence-electron chi connectivity index (χ4n) is 3.51. The number of amides is 1. The number of aromatic amines is 1. The molecule has 0 aliphatic carbocycles. The summed E-state index contributed by atoms with van der Waals surface area (Å²) < 4.78 is 7.05. The monoisotopic (exact) mass is 445 g/mol. The molecule has 0 spiro atoms. The highest BCUT2D eigenvalue weighted by Gasteiger charge is 2.11. The number of ether oxygens (including phenoxy) is 1. The van der Waals surface area contributed by atoms with Crippen molar-refractivity contribution in [3.8, 4) is 5.75 Å². The number of nitrogens with one attached hydrogen (secondary N) is 2. The number of benzene rings is 3. The molecule has 0 saturated carbocycles. The Morgan fingerprint density at radius 1 is 1.03 bits per heavy atom. The van der Waals surface area contributed by atoms with Crippen molar-refractivity contribution < 1.29 is 9.53 Å². The Bertz CT molecular complexity index is 1360. The van der Waals surface area contributed by atoms with Crippen molar-refractivity contribution in [2.24, 2.45) is 0 Å². The maximum absolute atomic E-state index is 13.0. The number of carbonyl (C=O) groups is 1. The standard InChI is InChI=1S/C25H23N3O3S/c1-31-20-10-7-18(8-11-20)16-26-23(29)19-9-12-21-22(15-19)27-25(32)28(24(21)30)14-13-17-5-3-2-4-6-17/h2-12,15H,13-14,16H2,1H3,(H,26,29)(H,27,32). The lowest BCUT2D eigenvalue weighted by Crippen LogP contribution is -2.25. The van der Waals surface area contributed by atoms with Gasteiger partial charge in [-0.05, 0) is 60.1 Å². The molecule has 4 aromatic rings. The molecular weight excluding hydrogens is 422 g/mol. The zero-order chi connectivity index (χ0) is 22.5. The third kappa shape index (κ3) is 4.78. The average molecular weight is 446 g/mol. The molecule has 1 aromatic heterocycles. The maximum Gasteiger partial charge on any atom is 0.262 e. The number of carbonyl (C=O) groups excluding carboxylic acids is 1. The van der Waals surface area contributed by atoms with Gasteiger partial charge >= 0.3 is 0 Å². The minimum absolute atomic E-state index is 0.162. The van der Waals surface area contributed by atoms with Crippen LogP contribution in [0.15, 0.2) is 77.6 Å². The van der Waals surface area contributed by atoms with Crippen LogP contribution in [0.4, 0.5) is 0 Å². The van der Waals surface area contributed by atoms with Crippen molar-refractivity contribution in [1.29, 1.82) is 0 Å². The van der Waals surface area contributed by atoms with E-state index in [0.29, 0.717) is 40.7 Å². The van der Waals surface area contributed by atoms with Crippen molar-refractivity contribution in [2.45, 2.75) is 19.5 Å². The van der Waals surface area contributed by atoms with Crippen molar-refractivity contribution in [3.63, 3.8) is 0 Å². The molecular formula is C25H23N3O3S. The van der Waals surface area contributed by atoms with Crippen LogP contribution in [-0.2, 0) is 19.5 Å². The van der Waals surface area contributed by atoms with Crippen molar-refractivity contribution in [3.05, 3.63) is 105 Å². The van der Waals surface area contributed by atoms with E-state index in [2.05, 4.69) is 10.3 Å². The normalized spacial score (nSPS) is 10.8. The second kappa shape index (κ2) is 9.62. The van der Waals surface area contributed by atoms with Gasteiger partial charge in [-0.2, -0.15) is 0 Å². The molecule has 6 nitrogen and oxygen atoms in total. The fraction of sp³-hybridized carbons (Fsp3) is 0.160. The van der Waals surface area contributed by atoms with Gasteiger partial charge in [0.25, 0.3) is 11.5 Å². The summed E-state index contributed by atoms with van der Waals surface area (Å²) in [7, 11) is 1.61. The molecule has 0 bridgehead atoms. The van der Waals surface area contributed by atoms with Crippen LogP contribution in [0.25, 0.3) is 10.9 Å². The van der Waals surface area contributed by atoms with Crippen LogP contribution < -0.4 is 15.6 Å². The molecule has 0 radical (unpaired) electrons. The molecule has 0 unspecified atom stereocenters. The molecule has 32 heavy (non-hydrogen) atoms. The molecule has 0 aliphatic heterocycles. The van der Waals surface area contributed by atoms with Crippen LogP contribution in [0.3, 0.4) is 0 Å². The molecule has 1 amide bonds. The van der Waals surface area contributed by atoms with Crippen LogP contribution in [-0.4, -0.2) is 22.6 Å². The Kier molecular flexibility index (Phi) is 6.47. The number of fused-ring (bicyclic) bond motifs is 1. The fourth-order valence-corrected chi connectivity index (χ4v) is 3.80. The van der Waals surface area contributed by atoms with E-state index >= 15 is 0 Å². The number of H-pyrrole nitrogens is 1. The van der Waals surface area contributed by atoms with E-state index < -0.39 is 0 Å². The molecule has 2 N–H and O–H groups in total. The average Bonchev–Trinajstić information content (AvgIpc) is 2.83. The highest BCUT2D eigenvalue weighted by Crippen LogP contribution is 2.13. The highest BCUT2D eigenvalue weighted by atomic mass is 32.1. The summed E-state index contributed by atoms with van der Waals surface area (Å²) in [5, 5.41) is 3.39. The quantitative estimate of drug-likeness (QED) is 0.417. The summed E-state index contributed by atoms with van der Waals surface area (Å²) in [6, 6.07) is 22.4. The topological polar surface area (TPSA) is 76.1 Å². The number of aromatic nitrogens is 2. The number of hydrogen-bond donors (Lipinski definition) is 2. The van der Waals surface area contributed by atoms with Crippen LogP contribution in [0.1, 0.15) is 21.5 Å². The number of rotatable bonds is 7. The van der Waals surface area contributed by atoms with Crippen molar-refractivity contribution >= 4 is 29.0 Å². The molecule has 0 saturated heterocycles. The second-order valence-corrected chi connectivity index (χ2v) is 7.80. The van der Waals surface area contributed by atoms with Crippen molar-refractivity contribution in [1.82, 2.24) is 14.9 Å². The van der Waals surface area contributed by atoms with E-state index in [1.807, 2.05) is 54.6 Å². The first-order valence-electron chi connectivity index (χ1n) is 10.3. The predicted octanol–water partition coefficient (Wildman–Crippen LogP) is 4.24. The van der Waals surface area contributed by atoms with Crippen LogP contribution in [0, 0.1) is 4.77 Å². The van der Waals surface area contributed by atoms with E-state index in [1.165, 1.54) is 0 Å². The van der Waals surface area contributed by atoms with E-state index in [0.717, 1.165) is 16.9 Å². The first-order chi connectivity index (χ1) is 15.5. The summed E-state index contributed by atoms with van der Waals surface area (Å²) in [6.45, 7) is 0.871. The van der Waals surface area contributed by atoms with Gasteiger partial charge in [0.15, 0.2) is 4.77 Å². The Morgan fingerprint density at radius 2 is 1.78 bits per heavy atom. The van der Waals surface area contributed by atoms with Gasteiger partial charge in [-0.3, -0.25) is 14.2 Å². The molecule has 0 fully saturated rings. The molecule has 4 rings (SSSR count). The number of hydrogen-bond acceptors (Lipinski definition) is 4. The van der Waals surface area contributed by atoms with Crippen molar-refractivity contribution in [2.75, 3.05) is 7.11 Å². The van der Waals surface area contributed by atoms with Gasteiger partial charge < -0.3 is 15.0 Å². The molecule has 0 aliphatic rings. The van der Waals surface area contributed by atoms with E-state index in [1.54, 1.807) is 29.9 Å². The van der Waals surface area contributed by atoms with Gasteiger partial charge in [0.05, 0.1) is 18.0 Å². The second-order valence-electron chi connectivity index (χ2n) is 7.41. The summed E-state index contributed by atoms with van der Waals surface area (Å²) in [4.78, 5) is 28.7. The number of nitrogens with zero attached hydrogens (tertiary/aromatic N) is 1. The van der Waals surface area contributed by atoms with Crippen LogP contribution in [0.5, 0.6) is 5.75 Å². The third-order valence-corrected chi connectivity index (χ3v) is 5.65. The maximum atomic E-state index is 13.0. The van der Waals surface area contributed by atoms with Crippen LogP contribution >= 0.6 is 12.2 Å². The van der Waals surface area contributed by atoms with Gasteiger partial charge in [0, 0.05) is 18.7 Å². The lowest BCUT2D eigenvalue weighted by atomic mass is 10.1. The lowest BCUT2D eigenvalue weighted by Gasteiger charge is -2.10. The zero-order valence-electron chi connectivity index (χ0n) is 17.6. The molecule has 0 atom stereocenters. The summed E-state index contributed by atoms with van der Waals surface area (Å²) in [6.07, 6.45) is 0.704. The van der Waals surface area contributed by atoms with Gasteiger partial charge in [-0.15, -0.1) is 0 Å². The zero-order valence-corrected chi connectivity index (χ0v) is 18.4. The predicted molar refractivity (Wildman–Crippen MR) is 128 cm³/mol. The largest absolute Gasteiger partial charge is 0.497 e. The Hall–Kier alpha value is -3.71. The first-order valence-corrected chi connectivity index (χ1v) is 10.7. The highest BCUT2D eigenvalue weighted by molar-refractivity contribution is 7.71. The minimum Gasteiger partial charge on any atom is -0.497 e. The molecule has 7 heteroatoms. The Balaban J connectivity index is 1.51. The number of methoxy groups -OCH3 is 1. The van der Waals surface area contributed by atoms with E-state index in [-0.39, 0.29) is 11.5 Å². The molecule has 162 valence electrons. The minimum atomic E-state index is -0.227. The summed E-state index contributed by atoms with van der Waals surface area (Å²) in [5.41, 5.74) is 2.94.